The molecule has 0 amide bonds. The number of rotatable bonds is 7. The highest BCUT2D eigenvalue weighted by Crippen LogP contribution is 2.36. The Morgan fingerprint density at radius 2 is 2.26 bits per heavy atom. The van der Waals surface area contributed by atoms with E-state index in [1.807, 2.05) is 11.7 Å². The lowest BCUT2D eigenvalue weighted by atomic mass is 10.0. The second kappa shape index (κ2) is 6.35. The van der Waals surface area contributed by atoms with Crippen molar-refractivity contribution in [3.8, 4) is 0 Å². The molecule has 19 heavy (non-hydrogen) atoms. The van der Waals surface area contributed by atoms with Crippen LogP contribution in [0.4, 0.5) is 0 Å². The van der Waals surface area contributed by atoms with Crippen LogP contribution in [0.2, 0.25) is 0 Å². The molecule has 1 aromatic heterocycles. The van der Waals surface area contributed by atoms with E-state index in [1.54, 1.807) is 7.11 Å². The summed E-state index contributed by atoms with van der Waals surface area (Å²) in [6.45, 7) is 2.11. The molecule has 1 saturated carbocycles. The molecule has 5 nitrogen and oxygen atoms in total. The van der Waals surface area contributed by atoms with E-state index in [4.69, 9.17) is 10.6 Å². The van der Waals surface area contributed by atoms with Crippen LogP contribution >= 0.6 is 15.9 Å². The Labute approximate surface area is 123 Å². The van der Waals surface area contributed by atoms with Crippen LogP contribution in [0.5, 0.6) is 0 Å². The summed E-state index contributed by atoms with van der Waals surface area (Å²) >= 11 is 3.65. The van der Waals surface area contributed by atoms with E-state index < -0.39 is 0 Å². The molecular weight excluding hydrogens is 308 g/mol. The fraction of sp³-hybridized carbons (Fsp3) is 0.769. The van der Waals surface area contributed by atoms with Crippen LogP contribution in [-0.4, -0.2) is 29.0 Å². The van der Waals surface area contributed by atoms with Gasteiger partial charge in [0.1, 0.15) is 0 Å². The van der Waals surface area contributed by atoms with Gasteiger partial charge in [-0.25, -0.2) is 0 Å². The molecule has 6 heteroatoms. The summed E-state index contributed by atoms with van der Waals surface area (Å²) in [5.41, 5.74) is 5.18. The number of hydrogen-bond donors (Lipinski definition) is 2. The number of aryl methyl sites for hydroxylation is 2. The topological polar surface area (TPSA) is 65.1 Å². The van der Waals surface area contributed by atoms with E-state index in [0.29, 0.717) is 5.92 Å². The van der Waals surface area contributed by atoms with Gasteiger partial charge in [-0.15, -0.1) is 0 Å². The monoisotopic (exact) mass is 330 g/mol. The van der Waals surface area contributed by atoms with Crippen LogP contribution in [0.15, 0.2) is 4.47 Å². The van der Waals surface area contributed by atoms with Gasteiger partial charge in [-0.1, -0.05) is 6.92 Å². The van der Waals surface area contributed by atoms with Crippen molar-refractivity contribution in [2.24, 2.45) is 18.8 Å². The summed E-state index contributed by atoms with van der Waals surface area (Å²) in [5, 5.41) is 4.52. The summed E-state index contributed by atoms with van der Waals surface area (Å²) in [6.07, 6.45) is 4.39. The third-order valence-corrected chi connectivity index (χ3v) is 4.80. The first-order valence-electron chi connectivity index (χ1n) is 6.81. The maximum Gasteiger partial charge on any atom is 0.0769 e. The van der Waals surface area contributed by atoms with Gasteiger partial charge < -0.3 is 4.74 Å². The minimum Gasteiger partial charge on any atom is -0.379 e. The van der Waals surface area contributed by atoms with Crippen molar-refractivity contribution >= 4 is 15.9 Å². The Morgan fingerprint density at radius 1 is 1.58 bits per heavy atom. The second-order valence-electron chi connectivity index (χ2n) is 5.20. The van der Waals surface area contributed by atoms with Crippen LogP contribution in [0, 0.1) is 5.92 Å². The molecule has 1 aromatic rings. The summed E-state index contributed by atoms with van der Waals surface area (Å²) in [7, 11) is 3.74. The van der Waals surface area contributed by atoms with Gasteiger partial charge in [0.2, 0.25) is 0 Å². The summed E-state index contributed by atoms with van der Waals surface area (Å²) in [6, 6.07) is 0.119. The normalized spacial score (nSPS) is 18.6. The minimum atomic E-state index is 0.119. The molecule has 2 rings (SSSR count). The molecule has 0 spiro atoms. The van der Waals surface area contributed by atoms with Crippen molar-refractivity contribution in [2.45, 2.75) is 44.8 Å². The third kappa shape index (κ3) is 3.18. The quantitative estimate of drug-likeness (QED) is 0.588. The molecule has 0 aromatic carbocycles. The van der Waals surface area contributed by atoms with Gasteiger partial charge in [-0.2, -0.15) is 5.10 Å². The number of aromatic nitrogens is 2. The highest BCUT2D eigenvalue weighted by Gasteiger charge is 2.37. The number of ether oxygens (including phenoxy) is 1. The Hall–Kier alpha value is -0.430. The summed E-state index contributed by atoms with van der Waals surface area (Å²) < 4.78 is 8.66. The van der Waals surface area contributed by atoms with Crippen molar-refractivity contribution in [3.63, 3.8) is 0 Å². The summed E-state index contributed by atoms with van der Waals surface area (Å²) in [5.74, 6) is 6.37. The lowest BCUT2D eigenvalue weighted by molar-refractivity contribution is 0.0505. The standard InChI is InChI=1S/C13H23BrN4O/c1-4-9-12(14)11(18(2)17-9)7-10(16-15)13(19-3)8-5-6-8/h8,10,13,16H,4-7,15H2,1-3H3. The van der Waals surface area contributed by atoms with E-state index in [-0.39, 0.29) is 12.1 Å². The number of methoxy groups -OCH3 is 1. The van der Waals surface area contributed by atoms with Crippen molar-refractivity contribution < 1.29 is 4.74 Å². The fourth-order valence-corrected chi connectivity index (χ4v) is 3.41. The molecule has 108 valence electrons. The highest BCUT2D eigenvalue weighted by molar-refractivity contribution is 9.10. The largest absolute Gasteiger partial charge is 0.379 e. The molecule has 2 unspecified atom stereocenters. The highest BCUT2D eigenvalue weighted by atomic mass is 79.9. The first-order valence-corrected chi connectivity index (χ1v) is 7.60. The van der Waals surface area contributed by atoms with E-state index in [9.17, 15) is 0 Å². The second-order valence-corrected chi connectivity index (χ2v) is 5.99. The van der Waals surface area contributed by atoms with Gasteiger partial charge in [0, 0.05) is 20.6 Å². The van der Waals surface area contributed by atoms with Crippen LogP contribution in [0.3, 0.4) is 0 Å². The zero-order valence-electron chi connectivity index (χ0n) is 11.8. The molecule has 1 aliphatic rings. The van der Waals surface area contributed by atoms with E-state index >= 15 is 0 Å². The lowest BCUT2D eigenvalue weighted by Crippen LogP contribution is -2.47. The lowest BCUT2D eigenvalue weighted by Gasteiger charge is -2.25. The van der Waals surface area contributed by atoms with E-state index in [0.717, 1.165) is 23.0 Å². The van der Waals surface area contributed by atoms with Crippen molar-refractivity contribution in [1.82, 2.24) is 15.2 Å². The summed E-state index contributed by atoms with van der Waals surface area (Å²) in [4.78, 5) is 0. The predicted molar refractivity (Wildman–Crippen MR) is 78.6 cm³/mol. The van der Waals surface area contributed by atoms with Gasteiger partial charge in [0.25, 0.3) is 0 Å². The molecule has 1 aliphatic carbocycles. The van der Waals surface area contributed by atoms with Crippen molar-refractivity contribution in [3.05, 3.63) is 15.9 Å². The van der Waals surface area contributed by atoms with Gasteiger partial charge >= 0.3 is 0 Å². The molecule has 3 N–H and O–H groups in total. The van der Waals surface area contributed by atoms with E-state index in [1.165, 1.54) is 18.5 Å². The molecule has 0 bridgehead atoms. The Morgan fingerprint density at radius 3 is 2.68 bits per heavy atom. The zero-order valence-corrected chi connectivity index (χ0v) is 13.4. The van der Waals surface area contributed by atoms with Gasteiger partial charge in [0.05, 0.1) is 28.0 Å². The van der Waals surface area contributed by atoms with Gasteiger partial charge in [0.15, 0.2) is 0 Å². The van der Waals surface area contributed by atoms with E-state index in [2.05, 4.69) is 33.4 Å². The average Bonchev–Trinajstić information content (AvgIpc) is 3.20. The Bertz CT molecular complexity index is 431. The molecule has 0 aliphatic heterocycles. The molecule has 0 saturated heterocycles. The zero-order chi connectivity index (χ0) is 14.0. The predicted octanol–water partition coefficient (Wildman–Crippen LogP) is 1.54. The smallest absolute Gasteiger partial charge is 0.0769 e. The number of hydrogen-bond acceptors (Lipinski definition) is 4. The minimum absolute atomic E-state index is 0.119. The van der Waals surface area contributed by atoms with Crippen LogP contribution in [0.1, 0.15) is 31.2 Å². The van der Waals surface area contributed by atoms with Crippen LogP contribution in [-0.2, 0) is 24.6 Å². The maximum atomic E-state index is 5.73. The first kappa shape index (κ1) is 15.0. The number of nitrogens with two attached hydrogens (primary N) is 1. The molecule has 0 radical (unpaired) electrons. The molecule has 1 heterocycles. The molecular formula is C13H23BrN4O. The number of nitrogens with zero attached hydrogens (tertiary/aromatic N) is 2. The molecule has 1 fully saturated rings. The molecule has 2 atom stereocenters. The number of hydrazine groups is 1. The maximum absolute atomic E-state index is 5.73. The third-order valence-electron chi connectivity index (χ3n) is 3.89. The number of halogens is 1. The van der Waals surface area contributed by atoms with Crippen LogP contribution < -0.4 is 11.3 Å². The first-order chi connectivity index (χ1) is 9.12. The van der Waals surface area contributed by atoms with Gasteiger partial charge in [-0.3, -0.25) is 16.0 Å². The average molecular weight is 331 g/mol. The van der Waals surface area contributed by atoms with Crippen molar-refractivity contribution in [1.29, 1.82) is 0 Å². The van der Waals surface area contributed by atoms with Gasteiger partial charge in [-0.05, 0) is 41.1 Å². The fourth-order valence-electron chi connectivity index (χ4n) is 2.63. The van der Waals surface area contributed by atoms with Crippen LogP contribution in [0.25, 0.3) is 0 Å². The SMILES string of the molecule is CCc1nn(C)c(CC(NN)C(OC)C2CC2)c1Br. The van der Waals surface area contributed by atoms with Crippen molar-refractivity contribution in [2.75, 3.05) is 7.11 Å². The number of nitrogens with one attached hydrogen (secondary N) is 1. The Kier molecular flexibility index (Phi) is 5.00. The Balaban J connectivity index is 2.15.